The van der Waals surface area contributed by atoms with Crippen LogP contribution in [0, 0.1) is 5.82 Å². The molecule has 0 bridgehead atoms. The largest absolute Gasteiger partial charge is 0.298 e. The number of aryl methyl sites for hydroxylation is 1. The number of benzene rings is 1. The van der Waals surface area contributed by atoms with Gasteiger partial charge in [-0.1, -0.05) is 12.1 Å². The average Bonchev–Trinajstić information content (AvgIpc) is 2.74. The van der Waals surface area contributed by atoms with Gasteiger partial charge >= 0.3 is 0 Å². The van der Waals surface area contributed by atoms with Crippen LogP contribution in [-0.2, 0) is 18.3 Å². The molecule has 5 heteroatoms. The molecule has 94 valence electrons. The highest BCUT2D eigenvalue weighted by Gasteiger charge is 2.08. The van der Waals surface area contributed by atoms with Crippen molar-refractivity contribution in [1.82, 2.24) is 9.78 Å². The van der Waals surface area contributed by atoms with Gasteiger partial charge in [-0.25, -0.2) is 4.39 Å². The van der Waals surface area contributed by atoms with Crippen molar-refractivity contribution in [3.63, 3.8) is 0 Å². The Balaban J connectivity index is 1.87. The number of hydrogen-bond acceptors (Lipinski definition) is 3. The van der Waals surface area contributed by atoms with E-state index in [2.05, 4.69) is 5.10 Å². The topological polar surface area (TPSA) is 34.9 Å². The Kier molecular flexibility index (Phi) is 4.15. The van der Waals surface area contributed by atoms with E-state index in [-0.39, 0.29) is 17.4 Å². The Labute approximate surface area is 109 Å². The standard InChI is InChI=1S/C13H13FN2OS/c1-16-8-10(7-15-16)6-11(17)9-18-13-5-3-2-4-12(13)14/h2-5,7-8H,6,9H2,1H3. The summed E-state index contributed by atoms with van der Waals surface area (Å²) >= 11 is 1.23. The van der Waals surface area contributed by atoms with Gasteiger partial charge < -0.3 is 0 Å². The van der Waals surface area contributed by atoms with Crippen LogP contribution in [0.1, 0.15) is 5.56 Å². The van der Waals surface area contributed by atoms with Crippen LogP contribution in [0.25, 0.3) is 0 Å². The van der Waals surface area contributed by atoms with Crippen LogP contribution in [-0.4, -0.2) is 21.3 Å². The molecule has 0 aliphatic rings. The number of hydrogen-bond donors (Lipinski definition) is 0. The molecule has 0 radical (unpaired) electrons. The third-order valence-electron chi connectivity index (χ3n) is 2.38. The fourth-order valence-electron chi connectivity index (χ4n) is 1.56. The van der Waals surface area contributed by atoms with Crippen LogP contribution in [0.2, 0.25) is 0 Å². The van der Waals surface area contributed by atoms with E-state index in [1.165, 1.54) is 17.8 Å². The van der Waals surface area contributed by atoms with Crippen LogP contribution in [0.4, 0.5) is 4.39 Å². The highest BCUT2D eigenvalue weighted by molar-refractivity contribution is 8.00. The van der Waals surface area contributed by atoms with E-state index in [9.17, 15) is 9.18 Å². The summed E-state index contributed by atoms with van der Waals surface area (Å²) in [5, 5.41) is 4.00. The minimum absolute atomic E-state index is 0.0660. The maximum Gasteiger partial charge on any atom is 0.147 e. The predicted octanol–water partition coefficient (Wildman–Crippen LogP) is 2.46. The Morgan fingerprint density at radius 2 is 2.22 bits per heavy atom. The Hall–Kier alpha value is -1.62. The molecule has 2 rings (SSSR count). The second-order valence-corrected chi connectivity index (χ2v) is 4.97. The summed E-state index contributed by atoms with van der Waals surface area (Å²) in [5.41, 5.74) is 0.886. The van der Waals surface area contributed by atoms with Crippen molar-refractivity contribution in [2.24, 2.45) is 7.05 Å². The van der Waals surface area contributed by atoms with Gasteiger partial charge in [-0.3, -0.25) is 9.48 Å². The Morgan fingerprint density at radius 3 is 2.89 bits per heavy atom. The summed E-state index contributed by atoms with van der Waals surface area (Å²) in [6.45, 7) is 0. The lowest BCUT2D eigenvalue weighted by Gasteiger charge is -2.01. The van der Waals surface area contributed by atoms with Crippen molar-refractivity contribution in [3.8, 4) is 0 Å². The van der Waals surface area contributed by atoms with E-state index >= 15 is 0 Å². The molecule has 0 saturated carbocycles. The van der Waals surface area contributed by atoms with Crippen LogP contribution in [0.3, 0.4) is 0 Å². The van der Waals surface area contributed by atoms with Gasteiger partial charge in [0.1, 0.15) is 11.6 Å². The molecule has 0 aliphatic heterocycles. The normalized spacial score (nSPS) is 10.6. The highest BCUT2D eigenvalue weighted by Crippen LogP contribution is 2.21. The van der Waals surface area contributed by atoms with Crippen molar-refractivity contribution >= 4 is 17.5 Å². The third kappa shape index (κ3) is 3.43. The SMILES string of the molecule is Cn1cc(CC(=O)CSc2ccccc2F)cn1. The van der Waals surface area contributed by atoms with E-state index in [0.29, 0.717) is 11.3 Å². The maximum atomic E-state index is 13.3. The number of Topliss-reactive ketones (excluding diaryl/α,β-unsaturated/α-hetero) is 1. The van der Waals surface area contributed by atoms with Gasteiger partial charge in [-0.15, -0.1) is 11.8 Å². The van der Waals surface area contributed by atoms with Gasteiger partial charge in [0.25, 0.3) is 0 Å². The number of ketones is 1. The van der Waals surface area contributed by atoms with Gasteiger partial charge in [-0.05, 0) is 17.7 Å². The van der Waals surface area contributed by atoms with E-state index in [4.69, 9.17) is 0 Å². The lowest BCUT2D eigenvalue weighted by Crippen LogP contribution is -2.05. The number of nitrogens with zero attached hydrogens (tertiary/aromatic N) is 2. The predicted molar refractivity (Wildman–Crippen MR) is 69.0 cm³/mol. The minimum atomic E-state index is -0.281. The molecule has 2 aromatic rings. The Bertz CT molecular complexity index is 553. The molecule has 0 atom stereocenters. The quantitative estimate of drug-likeness (QED) is 0.778. The summed E-state index contributed by atoms with van der Waals surface area (Å²) < 4.78 is 15.0. The molecule has 1 heterocycles. The molecular formula is C13H13FN2OS. The maximum absolute atomic E-state index is 13.3. The summed E-state index contributed by atoms with van der Waals surface area (Å²) in [7, 11) is 1.81. The van der Waals surface area contributed by atoms with Crippen molar-refractivity contribution in [1.29, 1.82) is 0 Å². The monoisotopic (exact) mass is 264 g/mol. The minimum Gasteiger partial charge on any atom is -0.298 e. The van der Waals surface area contributed by atoms with E-state index in [1.54, 1.807) is 29.1 Å². The summed E-state index contributed by atoms with van der Waals surface area (Å²) in [5.74, 6) is 0.0588. The van der Waals surface area contributed by atoms with Gasteiger partial charge in [0, 0.05) is 24.6 Å². The lowest BCUT2D eigenvalue weighted by atomic mass is 10.2. The zero-order valence-electron chi connectivity index (χ0n) is 9.97. The second-order valence-electron chi connectivity index (χ2n) is 3.96. The van der Waals surface area contributed by atoms with Crippen LogP contribution in [0.15, 0.2) is 41.6 Å². The van der Waals surface area contributed by atoms with E-state index in [1.807, 2.05) is 13.2 Å². The van der Waals surface area contributed by atoms with Crippen molar-refractivity contribution in [2.45, 2.75) is 11.3 Å². The molecule has 0 spiro atoms. The molecule has 0 N–H and O–H groups in total. The molecule has 18 heavy (non-hydrogen) atoms. The molecule has 0 amide bonds. The van der Waals surface area contributed by atoms with Crippen molar-refractivity contribution < 1.29 is 9.18 Å². The number of thioether (sulfide) groups is 1. The van der Waals surface area contributed by atoms with Gasteiger partial charge in [0.05, 0.1) is 11.9 Å². The fourth-order valence-corrected chi connectivity index (χ4v) is 2.36. The number of carbonyl (C=O) groups excluding carboxylic acids is 1. The zero-order valence-corrected chi connectivity index (χ0v) is 10.8. The third-order valence-corrected chi connectivity index (χ3v) is 3.49. The van der Waals surface area contributed by atoms with Gasteiger partial charge in [0.2, 0.25) is 0 Å². The number of halogens is 1. The molecule has 0 aliphatic carbocycles. The molecule has 0 fully saturated rings. The average molecular weight is 264 g/mol. The van der Waals surface area contributed by atoms with Crippen molar-refractivity contribution in [3.05, 3.63) is 48.0 Å². The summed E-state index contributed by atoms with van der Waals surface area (Å²) in [6.07, 6.45) is 3.83. The lowest BCUT2D eigenvalue weighted by molar-refractivity contribution is -0.116. The first kappa shape index (κ1) is 12.8. The molecule has 1 aromatic carbocycles. The molecule has 0 saturated heterocycles. The highest BCUT2D eigenvalue weighted by atomic mass is 32.2. The number of aromatic nitrogens is 2. The number of rotatable bonds is 5. The molecular weight excluding hydrogens is 251 g/mol. The van der Waals surface area contributed by atoms with Gasteiger partial charge in [-0.2, -0.15) is 5.10 Å². The first-order chi connectivity index (χ1) is 8.65. The number of carbonyl (C=O) groups is 1. The van der Waals surface area contributed by atoms with E-state index < -0.39 is 0 Å². The molecule has 1 aromatic heterocycles. The first-order valence-electron chi connectivity index (χ1n) is 5.51. The summed E-state index contributed by atoms with van der Waals surface area (Å²) in [6, 6.07) is 6.47. The van der Waals surface area contributed by atoms with Crippen LogP contribution < -0.4 is 0 Å². The smallest absolute Gasteiger partial charge is 0.147 e. The van der Waals surface area contributed by atoms with Crippen LogP contribution >= 0.6 is 11.8 Å². The molecule has 0 unspecified atom stereocenters. The molecule has 3 nitrogen and oxygen atoms in total. The second kappa shape index (κ2) is 5.82. The van der Waals surface area contributed by atoms with Gasteiger partial charge in [0.15, 0.2) is 0 Å². The van der Waals surface area contributed by atoms with Crippen molar-refractivity contribution in [2.75, 3.05) is 5.75 Å². The first-order valence-corrected chi connectivity index (χ1v) is 6.50. The Morgan fingerprint density at radius 1 is 1.44 bits per heavy atom. The van der Waals surface area contributed by atoms with E-state index in [0.717, 1.165) is 5.56 Å². The van der Waals surface area contributed by atoms with Crippen LogP contribution in [0.5, 0.6) is 0 Å². The fraction of sp³-hybridized carbons (Fsp3) is 0.231. The zero-order chi connectivity index (χ0) is 13.0. The summed E-state index contributed by atoms with van der Waals surface area (Å²) in [4.78, 5) is 12.2.